The normalized spacial score (nSPS) is 19.0. The van der Waals surface area contributed by atoms with E-state index in [9.17, 15) is 8.42 Å². The summed E-state index contributed by atoms with van der Waals surface area (Å²) < 4.78 is 32.3. The summed E-state index contributed by atoms with van der Waals surface area (Å²) in [5, 5.41) is 0. The summed E-state index contributed by atoms with van der Waals surface area (Å²) in [6, 6.07) is 6.35. The highest BCUT2D eigenvalue weighted by Gasteiger charge is 2.28. The first-order chi connectivity index (χ1) is 9.95. The second-order valence-corrected chi connectivity index (χ2v) is 7.54. The Bertz CT molecular complexity index is 547. The van der Waals surface area contributed by atoms with Gasteiger partial charge in [-0.05, 0) is 37.1 Å². The molecule has 1 fully saturated rings. The predicted molar refractivity (Wildman–Crippen MR) is 82.8 cm³/mol. The molecular formula is C15H24N2O3S. The van der Waals surface area contributed by atoms with E-state index < -0.39 is 15.6 Å². The number of ether oxygens (including phenoxy) is 1. The maximum atomic E-state index is 12.3. The van der Waals surface area contributed by atoms with Crippen molar-refractivity contribution in [1.82, 2.24) is 4.72 Å². The van der Waals surface area contributed by atoms with E-state index in [0.29, 0.717) is 12.3 Å². The molecule has 5 nitrogen and oxygen atoms in total. The van der Waals surface area contributed by atoms with Crippen molar-refractivity contribution < 1.29 is 13.2 Å². The number of benzene rings is 1. The molecule has 1 aliphatic rings. The van der Waals surface area contributed by atoms with Crippen molar-refractivity contribution in [2.24, 2.45) is 5.73 Å². The van der Waals surface area contributed by atoms with Crippen LogP contribution < -0.4 is 15.2 Å². The van der Waals surface area contributed by atoms with Crippen LogP contribution in [0.1, 0.15) is 38.5 Å². The van der Waals surface area contributed by atoms with E-state index in [1.807, 2.05) is 0 Å². The van der Waals surface area contributed by atoms with E-state index in [2.05, 4.69) is 4.72 Å². The van der Waals surface area contributed by atoms with Crippen molar-refractivity contribution in [2.45, 2.75) is 49.0 Å². The van der Waals surface area contributed by atoms with Crippen LogP contribution in [0.2, 0.25) is 0 Å². The van der Waals surface area contributed by atoms with Gasteiger partial charge in [0.15, 0.2) is 0 Å². The van der Waals surface area contributed by atoms with Crippen LogP contribution >= 0.6 is 0 Å². The molecule has 0 amide bonds. The second-order valence-electron chi connectivity index (χ2n) is 5.78. The van der Waals surface area contributed by atoms with Gasteiger partial charge in [-0.1, -0.05) is 25.7 Å². The van der Waals surface area contributed by atoms with Crippen LogP contribution in [-0.2, 0) is 10.0 Å². The van der Waals surface area contributed by atoms with Gasteiger partial charge in [-0.3, -0.25) is 0 Å². The molecule has 0 aliphatic heterocycles. The largest absolute Gasteiger partial charge is 0.497 e. The van der Waals surface area contributed by atoms with Crippen molar-refractivity contribution in [3.05, 3.63) is 24.3 Å². The SMILES string of the molecule is COc1ccc(S(=O)(=O)NCC2(N)CCCCCC2)cc1. The molecule has 118 valence electrons. The molecule has 0 aromatic heterocycles. The molecule has 1 aromatic rings. The lowest BCUT2D eigenvalue weighted by Crippen LogP contribution is -2.49. The quantitative estimate of drug-likeness (QED) is 0.815. The van der Waals surface area contributed by atoms with E-state index in [1.54, 1.807) is 19.2 Å². The van der Waals surface area contributed by atoms with Gasteiger partial charge < -0.3 is 10.5 Å². The zero-order valence-corrected chi connectivity index (χ0v) is 13.3. The minimum atomic E-state index is -3.52. The Balaban J connectivity index is 2.02. The number of rotatable bonds is 5. The van der Waals surface area contributed by atoms with Gasteiger partial charge in [0.25, 0.3) is 0 Å². The van der Waals surface area contributed by atoms with Gasteiger partial charge in [0, 0.05) is 12.1 Å². The smallest absolute Gasteiger partial charge is 0.240 e. The van der Waals surface area contributed by atoms with E-state index in [0.717, 1.165) is 25.7 Å². The molecule has 1 saturated carbocycles. The van der Waals surface area contributed by atoms with Crippen molar-refractivity contribution in [1.29, 1.82) is 0 Å². The third-order valence-electron chi connectivity index (χ3n) is 4.08. The number of hydrogen-bond acceptors (Lipinski definition) is 4. The maximum Gasteiger partial charge on any atom is 0.240 e. The average Bonchev–Trinajstić information content (AvgIpc) is 2.71. The van der Waals surface area contributed by atoms with Crippen molar-refractivity contribution >= 4 is 10.0 Å². The lowest BCUT2D eigenvalue weighted by Gasteiger charge is -2.28. The lowest BCUT2D eigenvalue weighted by molar-refractivity contribution is 0.369. The predicted octanol–water partition coefficient (Wildman–Crippen LogP) is 2.03. The van der Waals surface area contributed by atoms with E-state index in [-0.39, 0.29) is 4.90 Å². The van der Waals surface area contributed by atoms with Gasteiger partial charge >= 0.3 is 0 Å². The zero-order valence-electron chi connectivity index (χ0n) is 12.5. The number of methoxy groups -OCH3 is 1. The summed E-state index contributed by atoms with van der Waals surface area (Å²) in [5.74, 6) is 0.632. The van der Waals surface area contributed by atoms with Crippen LogP contribution in [0.4, 0.5) is 0 Å². The Morgan fingerprint density at radius 2 is 1.71 bits per heavy atom. The fraction of sp³-hybridized carbons (Fsp3) is 0.600. The molecule has 3 N–H and O–H groups in total. The molecule has 0 unspecified atom stereocenters. The minimum Gasteiger partial charge on any atom is -0.497 e. The highest BCUT2D eigenvalue weighted by Crippen LogP contribution is 2.25. The fourth-order valence-electron chi connectivity index (χ4n) is 2.69. The van der Waals surface area contributed by atoms with Gasteiger partial charge in [0.2, 0.25) is 10.0 Å². The van der Waals surface area contributed by atoms with Gasteiger partial charge in [-0.15, -0.1) is 0 Å². The number of nitrogens with two attached hydrogens (primary N) is 1. The van der Waals surface area contributed by atoms with Crippen molar-refractivity contribution in [3.63, 3.8) is 0 Å². The summed E-state index contributed by atoms with van der Waals surface area (Å²) in [7, 11) is -1.97. The molecule has 0 radical (unpaired) electrons. The molecular weight excluding hydrogens is 288 g/mol. The highest BCUT2D eigenvalue weighted by atomic mass is 32.2. The molecule has 1 aromatic carbocycles. The Morgan fingerprint density at radius 3 is 2.24 bits per heavy atom. The molecule has 2 rings (SSSR count). The summed E-state index contributed by atoms with van der Waals surface area (Å²) >= 11 is 0. The maximum absolute atomic E-state index is 12.3. The summed E-state index contributed by atoms with van der Waals surface area (Å²) in [5.41, 5.74) is 5.92. The topological polar surface area (TPSA) is 81.4 Å². The lowest BCUT2D eigenvalue weighted by atomic mass is 9.92. The van der Waals surface area contributed by atoms with E-state index >= 15 is 0 Å². The third-order valence-corrected chi connectivity index (χ3v) is 5.50. The average molecular weight is 312 g/mol. The molecule has 1 aliphatic carbocycles. The Morgan fingerprint density at radius 1 is 1.14 bits per heavy atom. The van der Waals surface area contributed by atoms with E-state index in [1.165, 1.54) is 25.0 Å². The third kappa shape index (κ3) is 4.43. The molecule has 0 atom stereocenters. The number of sulfonamides is 1. The van der Waals surface area contributed by atoms with Crippen LogP contribution in [0.3, 0.4) is 0 Å². The number of nitrogens with one attached hydrogen (secondary N) is 1. The first kappa shape index (κ1) is 16.3. The standard InChI is InChI=1S/C15H24N2O3S/c1-20-13-6-8-14(9-7-13)21(18,19)17-12-15(16)10-4-2-3-5-11-15/h6-9,17H,2-5,10-12,16H2,1H3. The van der Waals surface area contributed by atoms with Crippen LogP contribution in [-0.4, -0.2) is 27.6 Å². The Kier molecular flexibility index (Phi) is 5.24. The van der Waals surface area contributed by atoms with Crippen LogP contribution in [0.25, 0.3) is 0 Å². The highest BCUT2D eigenvalue weighted by molar-refractivity contribution is 7.89. The van der Waals surface area contributed by atoms with Crippen LogP contribution in [0, 0.1) is 0 Å². The Hall–Kier alpha value is -1.11. The van der Waals surface area contributed by atoms with Gasteiger partial charge in [-0.25, -0.2) is 13.1 Å². The molecule has 6 heteroatoms. The zero-order chi connectivity index (χ0) is 15.3. The first-order valence-corrected chi connectivity index (χ1v) is 8.86. The molecule has 21 heavy (non-hydrogen) atoms. The summed E-state index contributed by atoms with van der Waals surface area (Å²) in [6.07, 6.45) is 6.26. The van der Waals surface area contributed by atoms with Crippen LogP contribution in [0.15, 0.2) is 29.2 Å². The van der Waals surface area contributed by atoms with Crippen LogP contribution in [0.5, 0.6) is 5.75 Å². The molecule has 0 heterocycles. The van der Waals surface area contributed by atoms with Crippen molar-refractivity contribution in [3.8, 4) is 5.75 Å². The minimum absolute atomic E-state index is 0.237. The first-order valence-electron chi connectivity index (χ1n) is 7.38. The summed E-state index contributed by atoms with van der Waals surface area (Å²) in [6.45, 7) is 0.293. The molecule has 0 saturated heterocycles. The van der Waals surface area contributed by atoms with Gasteiger partial charge in [-0.2, -0.15) is 0 Å². The monoisotopic (exact) mass is 312 g/mol. The van der Waals surface area contributed by atoms with E-state index in [4.69, 9.17) is 10.5 Å². The Labute approximate surface area is 126 Å². The molecule has 0 spiro atoms. The summed E-state index contributed by atoms with van der Waals surface area (Å²) in [4.78, 5) is 0.237. The number of hydrogen-bond donors (Lipinski definition) is 2. The second kappa shape index (κ2) is 6.77. The van der Waals surface area contributed by atoms with Crippen molar-refractivity contribution in [2.75, 3.05) is 13.7 Å². The fourth-order valence-corrected chi connectivity index (χ4v) is 3.82. The van der Waals surface area contributed by atoms with Gasteiger partial charge in [0.1, 0.15) is 5.75 Å². The molecule has 0 bridgehead atoms. The van der Waals surface area contributed by atoms with Gasteiger partial charge in [0.05, 0.1) is 12.0 Å².